The molecule has 11 heavy (non-hydrogen) atoms. The molecule has 1 aliphatic rings. The summed E-state index contributed by atoms with van der Waals surface area (Å²) >= 11 is 0. The smallest absolute Gasteiger partial charge is 0.0537 e. The number of fused-ring (bicyclic) bond motifs is 1. The highest BCUT2D eigenvalue weighted by molar-refractivity contribution is 5.20. The lowest BCUT2D eigenvalue weighted by Crippen LogP contribution is -2.26. The molecule has 2 heterocycles. The first-order valence-electron chi connectivity index (χ1n) is 3.95. The molecular formula is C8H13N3. The number of hydrogen-bond acceptors (Lipinski definition) is 2. The fraction of sp³-hybridized carbons (Fsp3) is 0.625. The molecule has 2 rings (SSSR count). The van der Waals surface area contributed by atoms with Crippen LogP contribution in [0.25, 0.3) is 0 Å². The van der Waals surface area contributed by atoms with Crippen LogP contribution in [0.15, 0.2) is 6.20 Å². The second kappa shape index (κ2) is 2.34. The molecule has 0 bridgehead atoms. The van der Waals surface area contributed by atoms with Gasteiger partial charge >= 0.3 is 0 Å². The summed E-state index contributed by atoms with van der Waals surface area (Å²) < 4.78 is 1.99. The predicted molar refractivity (Wildman–Crippen MR) is 43.2 cm³/mol. The van der Waals surface area contributed by atoms with Gasteiger partial charge in [-0.2, -0.15) is 5.10 Å². The molecule has 0 unspecified atom stereocenters. The first kappa shape index (κ1) is 6.85. The van der Waals surface area contributed by atoms with Crippen LogP contribution < -0.4 is 0 Å². The summed E-state index contributed by atoms with van der Waals surface area (Å²) in [5, 5.41) is 4.22. The molecule has 1 aromatic rings. The van der Waals surface area contributed by atoms with Crippen molar-refractivity contribution in [3.63, 3.8) is 0 Å². The van der Waals surface area contributed by atoms with Gasteiger partial charge in [0.15, 0.2) is 0 Å². The fourth-order valence-corrected chi connectivity index (χ4v) is 1.63. The topological polar surface area (TPSA) is 21.1 Å². The molecule has 0 aromatic carbocycles. The Kier molecular flexibility index (Phi) is 1.46. The van der Waals surface area contributed by atoms with Crippen LogP contribution in [0.4, 0.5) is 0 Å². The van der Waals surface area contributed by atoms with E-state index in [2.05, 4.69) is 17.0 Å². The van der Waals surface area contributed by atoms with E-state index in [9.17, 15) is 0 Å². The molecule has 0 N–H and O–H groups in total. The van der Waals surface area contributed by atoms with Crippen molar-refractivity contribution in [2.45, 2.75) is 13.0 Å². The predicted octanol–water partition coefficient (Wildman–Crippen LogP) is 0.408. The van der Waals surface area contributed by atoms with Gasteiger partial charge < -0.3 is 4.90 Å². The van der Waals surface area contributed by atoms with E-state index in [0.717, 1.165) is 19.5 Å². The van der Waals surface area contributed by atoms with E-state index in [1.54, 1.807) is 0 Å². The molecule has 1 aromatic heterocycles. The SMILES string of the molecule is CN1CCc2c(cnn2C)C1. The summed E-state index contributed by atoms with van der Waals surface area (Å²) in [6.07, 6.45) is 3.12. The van der Waals surface area contributed by atoms with Crippen molar-refractivity contribution in [1.29, 1.82) is 0 Å². The Hall–Kier alpha value is -0.830. The Labute approximate surface area is 66.6 Å². The fourth-order valence-electron chi connectivity index (χ4n) is 1.63. The summed E-state index contributed by atoms with van der Waals surface area (Å²) in [5.41, 5.74) is 2.80. The van der Waals surface area contributed by atoms with Gasteiger partial charge in [0.05, 0.1) is 6.20 Å². The summed E-state index contributed by atoms with van der Waals surface area (Å²) in [4.78, 5) is 2.32. The van der Waals surface area contributed by atoms with Gasteiger partial charge in [0.1, 0.15) is 0 Å². The zero-order valence-corrected chi connectivity index (χ0v) is 7.04. The minimum atomic E-state index is 1.06. The zero-order chi connectivity index (χ0) is 7.84. The molecule has 0 atom stereocenters. The normalized spacial score (nSPS) is 18.4. The van der Waals surface area contributed by atoms with Crippen molar-refractivity contribution in [2.75, 3.05) is 13.6 Å². The molecular weight excluding hydrogens is 138 g/mol. The molecule has 3 nitrogen and oxygen atoms in total. The summed E-state index contributed by atoms with van der Waals surface area (Å²) in [5.74, 6) is 0. The van der Waals surface area contributed by atoms with E-state index in [1.807, 2.05) is 17.9 Å². The third kappa shape index (κ3) is 1.05. The van der Waals surface area contributed by atoms with Crippen molar-refractivity contribution < 1.29 is 0 Å². The lowest BCUT2D eigenvalue weighted by molar-refractivity contribution is 0.309. The molecule has 0 radical (unpaired) electrons. The number of nitrogens with zero attached hydrogens (tertiary/aromatic N) is 3. The van der Waals surface area contributed by atoms with Crippen LogP contribution in [0.2, 0.25) is 0 Å². The highest BCUT2D eigenvalue weighted by atomic mass is 15.3. The quantitative estimate of drug-likeness (QED) is 0.535. The Morgan fingerprint density at radius 3 is 3.09 bits per heavy atom. The van der Waals surface area contributed by atoms with E-state index >= 15 is 0 Å². The van der Waals surface area contributed by atoms with E-state index in [-0.39, 0.29) is 0 Å². The Balaban J connectivity index is 2.36. The maximum Gasteiger partial charge on any atom is 0.0537 e. The zero-order valence-electron chi connectivity index (χ0n) is 7.04. The number of likely N-dealkylation sites (N-methyl/N-ethyl adjacent to an activating group) is 1. The van der Waals surface area contributed by atoms with Gasteiger partial charge in [-0.25, -0.2) is 0 Å². The Bertz CT molecular complexity index is 264. The molecule has 0 saturated carbocycles. The lowest BCUT2D eigenvalue weighted by Gasteiger charge is -2.22. The van der Waals surface area contributed by atoms with Crippen LogP contribution in [0.1, 0.15) is 11.3 Å². The molecule has 0 amide bonds. The third-order valence-corrected chi connectivity index (χ3v) is 2.32. The number of hydrogen-bond donors (Lipinski definition) is 0. The van der Waals surface area contributed by atoms with Gasteiger partial charge in [0, 0.05) is 37.8 Å². The number of aromatic nitrogens is 2. The lowest BCUT2D eigenvalue weighted by atomic mass is 10.1. The van der Waals surface area contributed by atoms with Crippen LogP contribution in [-0.2, 0) is 20.0 Å². The first-order valence-corrected chi connectivity index (χ1v) is 3.95. The minimum absolute atomic E-state index is 1.06. The van der Waals surface area contributed by atoms with Crippen LogP contribution in [0, 0.1) is 0 Å². The Morgan fingerprint density at radius 2 is 2.27 bits per heavy atom. The standard InChI is InChI=1S/C8H13N3/c1-10-4-3-8-7(6-10)5-9-11(8)2/h5H,3-4,6H2,1-2H3. The summed E-state index contributed by atoms with van der Waals surface area (Å²) in [7, 11) is 4.17. The van der Waals surface area contributed by atoms with Gasteiger partial charge in [-0.1, -0.05) is 0 Å². The second-order valence-electron chi connectivity index (χ2n) is 3.23. The average Bonchev–Trinajstić information content (AvgIpc) is 2.32. The summed E-state index contributed by atoms with van der Waals surface area (Å²) in [6.45, 7) is 2.22. The number of aryl methyl sites for hydroxylation is 1. The highest BCUT2D eigenvalue weighted by Gasteiger charge is 2.15. The van der Waals surface area contributed by atoms with Gasteiger partial charge in [-0.15, -0.1) is 0 Å². The minimum Gasteiger partial charge on any atom is -0.302 e. The van der Waals surface area contributed by atoms with Crippen molar-refractivity contribution in [1.82, 2.24) is 14.7 Å². The van der Waals surface area contributed by atoms with E-state index in [0.29, 0.717) is 0 Å². The van der Waals surface area contributed by atoms with Crippen LogP contribution >= 0.6 is 0 Å². The Morgan fingerprint density at radius 1 is 1.45 bits per heavy atom. The molecule has 3 heteroatoms. The van der Waals surface area contributed by atoms with Crippen LogP contribution in [0.5, 0.6) is 0 Å². The van der Waals surface area contributed by atoms with Gasteiger partial charge in [-0.05, 0) is 7.05 Å². The molecule has 0 aliphatic carbocycles. The van der Waals surface area contributed by atoms with Crippen molar-refractivity contribution in [2.24, 2.45) is 7.05 Å². The van der Waals surface area contributed by atoms with E-state index in [1.165, 1.54) is 11.3 Å². The maximum atomic E-state index is 4.22. The third-order valence-electron chi connectivity index (χ3n) is 2.32. The maximum absolute atomic E-state index is 4.22. The van der Waals surface area contributed by atoms with E-state index in [4.69, 9.17) is 0 Å². The van der Waals surface area contributed by atoms with Crippen LogP contribution in [-0.4, -0.2) is 28.3 Å². The van der Waals surface area contributed by atoms with Gasteiger partial charge in [-0.3, -0.25) is 4.68 Å². The number of rotatable bonds is 0. The summed E-state index contributed by atoms with van der Waals surface area (Å²) in [6, 6.07) is 0. The van der Waals surface area contributed by atoms with Gasteiger partial charge in [0.2, 0.25) is 0 Å². The van der Waals surface area contributed by atoms with Gasteiger partial charge in [0.25, 0.3) is 0 Å². The second-order valence-corrected chi connectivity index (χ2v) is 3.23. The molecule has 0 fully saturated rings. The van der Waals surface area contributed by atoms with Crippen molar-refractivity contribution in [3.05, 3.63) is 17.5 Å². The first-order chi connectivity index (χ1) is 5.27. The average molecular weight is 151 g/mol. The van der Waals surface area contributed by atoms with Crippen molar-refractivity contribution in [3.8, 4) is 0 Å². The van der Waals surface area contributed by atoms with Crippen LogP contribution in [0.3, 0.4) is 0 Å². The molecule has 60 valence electrons. The van der Waals surface area contributed by atoms with Crippen molar-refractivity contribution >= 4 is 0 Å². The highest BCUT2D eigenvalue weighted by Crippen LogP contribution is 2.15. The molecule has 1 aliphatic heterocycles. The molecule has 0 spiro atoms. The largest absolute Gasteiger partial charge is 0.302 e. The monoisotopic (exact) mass is 151 g/mol. The molecule has 0 saturated heterocycles. The van der Waals surface area contributed by atoms with E-state index < -0.39 is 0 Å².